The van der Waals surface area contributed by atoms with Gasteiger partial charge in [-0.05, 0) is 18.9 Å². The topological polar surface area (TPSA) is 53.4 Å². The largest absolute Gasteiger partial charge is 0.478 e. The second-order valence-electron chi connectivity index (χ2n) is 5.09. The minimum atomic E-state index is -1.00. The van der Waals surface area contributed by atoms with Crippen molar-refractivity contribution in [1.29, 1.82) is 0 Å². The van der Waals surface area contributed by atoms with Crippen LogP contribution in [-0.4, -0.2) is 29.1 Å². The molecule has 1 heterocycles. The third kappa shape index (κ3) is 3.38. The zero-order valence-electron chi connectivity index (χ0n) is 11.1. The fourth-order valence-electron chi connectivity index (χ4n) is 2.63. The molecule has 0 aliphatic heterocycles. The van der Waals surface area contributed by atoms with Crippen LogP contribution in [0.4, 0.5) is 5.82 Å². The zero-order valence-corrected chi connectivity index (χ0v) is 11.9. The molecule has 1 N–H and O–H groups in total. The van der Waals surface area contributed by atoms with E-state index >= 15 is 0 Å². The molecule has 1 aromatic heterocycles. The van der Waals surface area contributed by atoms with Gasteiger partial charge in [-0.1, -0.05) is 37.3 Å². The molecule has 1 saturated carbocycles. The zero-order chi connectivity index (χ0) is 13.8. The first-order valence-electron chi connectivity index (χ1n) is 6.71. The van der Waals surface area contributed by atoms with Gasteiger partial charge in [0.25, 0.3) is 0 Å². The fraction of sp³-hybridized carbons (Fsp3) is 0.571. The smallest absolute Gasteiger partial charge is 0.337 e. The molecule has 0 saturated heterocycles. The van der Waals surface area contributed by atoms with Gasteiger partial charge >= 0.3 is 5.97 Å². The van der Waals surface area contributed by atoms with Crippen LogP contribution in [0, 0.1) is 0 Å². The van der Waals surface area contributed by atoms with Crippen molar-refractivity contribution in [1.82, 2.24) is 4.98 Å². The molecule has 0 radical (unpaired) electrons. The van der Waals surface area contributed by atoms with E-state index in [1.807, 2.05) is 7.05 Å². The quantitative estimate of drug-likeness (QED) is 0.861. The third-order valence-electron chi connectivity index (χ3n) is 3.78. The van der Waals surface area contributed by atoms with E-state index in [1.165, 1.54) is 37.9 Å². The normalized spacial score (nSPS) is 16.9. The Balaban J connectivity index is 2.18. The lowest BCUT2D eigenvalue weighted by molar-refractivity contribution is 0.0696. The molecule has 1 aliphatic carbocycles. The maximum absolute atomic E-state index is 10.9. The second-order valence-corrected chi connectivity index (χ2v) is 5.50. The molecule has 0 spiro atoms. The van der Waals surface area contributed by atoms with Gasteiger partial charge in [-0.3, -0.25) is 0 Å². The van der Waals surface area contributed by atoms with E-state index in [9.17, 15) is 4.79 Å². The first kappa shape index (κ1) is 14.1. The van der Waals surface area contributed by atoms with E-state index in [0.29, 0.717) is 16.9 Å². The minimum absolute atomic E-state index is 0.128. The van der Waals surface area contributed by atoms with Crippen LogP contribution in [0.15, 0.2) is 12.3 Å². The summed E-state index contributed by atoms with van der Waals surface area (Å²) < 4.78 is 0. The fourth-order valence-corrected chi connectivity index (χ4v) is 2.92. The number of carbonyl (C=O) groups is 1. The minimum Gasteiger partial charge on any atom is -0.478 e. The summed E-state index contributed by atoms with van der Waals surface area (Å²) in [6, 6.07) is 1.92. The summed E-state index contributed by atoms with van der Waals surface area (Å²) in [5.41, 5.74) is 0.128. The van der Waals surface area contributed by atoms with Crippen molar-refractivity contribution < 1.29 is 9.90 Å². The highest BCUT2D eigenvalue weighted by Crippen LogP contribution is 2.29. The van der Waals surface area contributed by atoms with E-state index in [-0.39, 0.29) is 5.56 Å². The SMILES string of the molecule is CN(c1ncc(C(=O)O)cc1Cl)C1CCCCCC1. The number of hydrogen-bond acceptors (Lipinski definition) is 3. The summed E-state index contributed by atoms with van der Waals surface area (Å²) in [6.45, 7) is 0. The van der Waals surface area contributed by atoms with Crippen LogP contribution in [-0.2, 0) is 0 Å². The van der Waals surface area contributed by atoms with Crippen molar-refractivity contribution in [2.75, 3.05) is 11.9 Å². The first-order valence-corrected chi connectivity index (χ1v) is 7.09. The number of pyridine rings is 1. The van der Waals surface area contributed by atoms with Gasteiger partial charge < -0.3 is 10.0 Å². The number of nitrogens with zero attached hydrogens (tertiary/aromatic N) is 2. The average molecular weight is 283 g/mol. The van der Waals surface area contributed by atoms with Crippen molar-refractivity contribution in [3.63, 3.8) is 0 Å². The maximum Gasteiger partial charge on any atom is 0.337 e. The number of anilines is 1. The van der Waals surface area contributed by atoms with Crippen LogP contribution in [0.1, 0.15) is 48.9 Å². The van der Waals surface area contributed by atoms with E-state index in [4.69, 9.17) is 16.7 Å². The van der Waals surface area contributed by atoms with Gasteiger partial charge in [0.2, 0.25) is 0 Å². The molecular weight excluding hydrogens is 264 g/mol. The van der Waals surface area contributed by atoms with Crippen molar-refractivity contribution in [3.05, 3.63) is 22.8 Å². The standard InChI is InChI=1S/C14H19ClN2O2/c1-17(11-6-4-2-3-5-7-11)13-12(15)8-10(9-16-13)14(18)19/h8-9,11H,2-7H2,1H3,(H,18,19). The Hall–Kier alpha value is -1.29. The lowest BCUT2D eigenvalue weighted by atomic mass is 10.1. The summed E-state index contributed by atoms with van der Waals surface area (Å²) in [6.07, 6.45) is 8.73. The van der Waals surface area contributed by atoms with Crippen LogP contribution in [0.3, 0.4) is 0 Å². The van der Waals surface area contributed by atoms with Crippen molar-refractivity contribution in [2.24, 2.45) is 0 Å². The summed E-state index contributed by atoms with van der Waals surface area (Å²) >= 11 is 6.16. The lowest BCUT2D eigenvalue weighted by Crippen LogP contribution is -2.32. The van der Waals surface area contributed by atoms with Gasteiger partial charge in [0.05, 0.1) is 10.6 Å². The monoisotopic (exact) mass is 282 g/mol. The van der Waals surface area contributed by atoms with E-state index in [1.54, 1.807) is 0 Å². The van der Waals surface area contributed by atoms with Crippen LogP contribution >= 0.6 is 11.6 Å². The highest BCUT2D eigenvalue weighted by atomic mass is 35.5. The van der Waals surface area contributed by atoms with Crippen molar-refractivity contribution in [2.45, 2.75) is 44.6 Å². The Morgan fingerprint density at radius 1 is 1.37 bits per heavy atom. The summed E-state index contributed by atoms with van der Waals surface area (Å²) in [5.74, 6) is -0.323. The van der Waals surface area contributed by atoms with Gasteiger partial charge in [0, 0.05) is 19.3 Å². The molecule has 0 aromatic carbocycles. The number of carboxylic acids is 1. The van der Waals surface area contributed by atoms with Crippen LogP contribution in [0.25, 0.3) is 0 Å². The number of aromatic nitrogens is 1. The number of aromatic carboxylic acids is 1. The highest BCUT2D eigenvalue weighted by molar-refractivity contribution is 6.33. The molecule has 0 atom stereocenters. The lowest BCUT2D eigenvalue weighted by Gasteiger charge is -2.28. The Morgan fingerprint density at radius 3 is 2.53 bits per heavy atom. The van der Waals surface area contributed by atoms with Gasteiger partial charge in [0.1, 0.15) is 5.82 Å². The summed E-state index contributed by atoms with van der Waals surface area (Å²) in [5, 5.41) is 9.32. The molecule has 1 fully saturated rings. The van der Waals surface area contributed by atoms with E-state index < -0.39 is 5.97 Å². The van der Waals surface area contributed by atoms with Crippen LogP contribution in [0.5, 0.6) is 0 Å². The molecule has 0 amide bonds. The predicted octanol–water partition coefficient (Wildman–Crippen LogP) is 3.59. The first-order chi connectivity index (χ1) is 9.09. The highest BCUT2D eigenvalue weighted by Gasteiger charge is 2.20. The number of halogens is 1. The van der Waals surface area contributed by atoms with Crippen molar-refractivity contribution in [3.8, 4) is 0 Å². The van der Waals surface area contributed by atoms with Crippen molar-refractivity contribution >= 4 is 23.4 Å². The Bertz CT molecular complexity index is 457. The molecule has 5 heteroatoms. The molecule has 0 unspecified atom stereocenters. The van der Waals surface area contributed by atoms with E-state index in [0.717, 1.165) is 12.8 Å². The summed E-state index contributed by atoms with van der Waals surface area (Å²) in [4.78, 5) is 17.2. The van der Waals surface area contributed by atoms with Crippen LogP contribution in [0.2, 0.25) is 5.02 Å². The number of rotatable bonds is 3. The second kappa shape index (κ2) is 6.24. The third-order valence-corrected chi connectivity index (χ3v) is 4.05. The van der Waals surface area contributed by atoms with Gasteiger partial charge in [-0.2, -0.15) is 0 Å². The number of hydrogen-bond donors (Lipinski definition) is 1. The molecule has 104 valence electrons. The Labute approximate surface area is 118 Å². The van der Waals surface area contributed by atoms with Gasteiger partial charge in [-0.25, -0.2) is 9.78 Å². The van der Waals surface area contributed by atoms with Gasteiger partial charge in [0.15, 0.2) is 0 Å². The number of carboxylic acid groups (broad SMARTS) is 1. The van der Waals surface area contributed by atoms with Crippen LogP contribution < -0.4 is 4.90 Å². The van der Waals surface area contributed by atoms with E-state index in [2.05, 4.69) is 9.88 Å². The molecule has 1 aliphatic rings. The molecule has 4 nitrogen and oxygen atoms in total. The Morgan fingerprint density at radius 2 is 2.00 bits per heavy atom. The summed E-state index contributed by atoms with van der Waals surface area (Å²) in [7, 11) is 1.99. The molecular formula is C14H19ClN2O2. The maximum atomic E-state index is 10.9. The molecule has 19 heavy (non-hydrogen) atoms. The Kier molecular flexibility index (Phi) is 4.64. The molecule has 1 aromatic rings. The molecule has 2 rings (SSSR count). The van der Waals surface area contributed by atoms with Gasteiger partial charge in [-0.15, -0.1) is 0 Å². The molecule has 0 bridgehead atoms. The predicted molar refractivity (Wildman–Crippen MR) is 76.1 cm³/mol. The average Bonchev–Trinajstić information content (AvgIpc) is 2.66.